The van der Waals surface area contributed by atoms with Crippen LogP contribution in [0.25, 0.3) is 0 Å². The van der Waals surface area contributed by atoms with Crippen LogP contribution in [0.4, 0.5) is 5.69 Å². The second-order valence-electron chi connectivity index (χ2n) is 4.78. The van der Waals surface area contributed by atoms with Crippen molar-refractivity contribution in [2.24, 2.45) is 0 Å². The van der Waals surface area contributed by atoms with Crippen LogP contribution in [0.15, 0.2) is 53.0 Å². The molecule has 0 unspecified atom stereocenters. The summed E-state index contributed by atoms with van der Waals surface area (Å²) in [4.78, 5) is 2.49. The van der Waals surface area contributed by atoms with E-state index >= 15 is 0 Å². The van der Waals surface area contributed by atoms with E-state index in [0.717, 1.165) is 17.6 Å². The first-order valence-electron chi connectivity index (χ1n) is 6.40. The van der Waals surface area contributed by atoms with Gasteiger partial charge in [0.2, 0.25) is 0 Å². The molecule has 3 rings (SSSR count). The van der Waals surface area contributed by atoms with Crippen LogP contribution in [0, 0.1) is 0 Å². The number of para-hydroxylation sites is 1. The fourth-order valence-corrected chi connectivity index (χ4v) is 2.85. The highest BCUT2D eigenvalue weighted by molar-refractivity contribution is 9.10. The Balaban J connectivity index is 1.84. The highest BCUT2D eigenvalue weighted by Crippen LogP contribution is 2.28. The lowest BCUT2D eigenvalue weighted by Gasteiger charge is -2.31. The molecular formula is C16H16BrN. The maximum Gasteiger partial charge on any atom is 0.0429 e. The Kier molecular flexibility index (Phi) is 3.37. The standard InChI is InChI=1S/C16H16BrN/c17-15-9-7-13(8-10-15)12-18-11-3-5-14-4-1-2-6-16(14)18/h1-2,4,6-10H,3,5,11-12H2. The zero-order valence-electron chi connectivity index (χ0n) is 10.3. The summed E-state index contributed by atoms with van der Waals surface area (Å²) in [5, 5.41) is 0. The number of halogens is 1. The van der Waals surface area contributed by atoms with Crippen LogP contribution in [0.2, 0.25) is 0 Å². The molecule has 0 radical (unpaired) electrons. The van der Waals surface area contributed by atoms with Crippen molar-refractivity contribution in [3.05, 3.63) is 64.1 Å². The zero-order chi connectivity index (χ0) is 12.4. The SMILES string of the molecule is Brc1ccc(CN2CCCc3ccccc32)cc1. The van der Waals surface area contributed by atoms with Gasteiger partial charge in [0.1, 0.15) is 0 Å². The highest BCUT2D eigenvalue weighted by Gasteiger charge is 2.15. The van der Waals surface area contributed by atoms with E-state index in [1.54, 1.807) is 0 Å². The molecule has 1 heterocycles. The maximum absolute atomic E-state index is 3.48. The minimum Gasteiger partial charge on any atom is -0.367 e. The van der Waals surface area contributed by atoms with Crippen LogP contribution in [0.3, 0.4) is 0 Å². The van der Waals surface area contributed by atoms with Gasteiger partial charge in [0, 0.05) is 23.2 Å². The molecule has 0 bridgehead atoms. The molecule has 0 aromatic heterocycles. The molecule has 0 saturated heterocycles. The van der Waals surface area contributed by atoms with E-state index in [1.807, 2.05) is 0 Å². The molecule has 1 aliphatic rings. The van der Waals surface area contributed by atoms with Gasteiger partial charge in [-0.1, -0.05) is 46.3 Å². The van der Waals surface area contributed by atoms with Gasteiger partial charge in [0.15, 0.2) is 0 Å². The second kappa shape index (κ2) is 5.15. The Morgan fingerprint density at radius 3 is 2.61 bits per heavy atom. The molecule has 1 nitrogen and oxygen atoms in total. The number of fused-ring (bicyclic) bond motifs is 1. The number of aryl methyl sites for hydroxylation is 1. The lowest BCUT2D eigenvalue weighted by atomic mass is 10.0. The summed E-state index contributed by atoms with van der Waals surface area (Å²) in [6.45, 7) is 2.16. The molecule has 2 heteroatoms. The largest absolute Gasteiger partial charge is 0.367 e. The van der Waals surface area contributed by atoms with Crippen LogP contribution in [-0.2, 0) is 13.0 Å². The number of hydrogen-bond donors (Lipinski definition) is 0. The first kappa shape index (κ1) is 11.8. The van der Waals surface area contributed by atoms with Crippen LogP contribution in [0.1, 0.15) is 17.5 Å². The van der Waals surface area contributed by atoms with Crippen molar-refractivity contribution in [3.8, 4) is 0 Å². The van der Waals surface area contributed by atoms with Gasteiger partial charge in [0.05, 0.1) is 0 Å². The van der Waals surface area contributed by atoms with E-state index in [9.17, 15) is 0 Å². The molecule has 0 fully saturated rings. The Bertz CT molecular complexity index is 533. The molecule has 2 aromatic carbocycles. The normalized spacial score (nSPS) is 14.4. The molecule has 18 heavy (non-hydrogen) atoms. The monoisotopic (exact) mass is 301 g/mol. The van der Waals surface area contributed by atoms with Gasteiger partial charge < -0.3 is 4.90 Å². The summed E-state index contributed by atoms with van der Waals surface area (Å²) in [5.74, 6) is 0. The third kappa shape index (κ3) is 2.44. The third-order valence-electron chi connectivity index (χ3n) is 3.49. The van der Waals surface area contributed by atoms with Crippen molar-refractivity contribution in [2.75, 3.05) is 11.4 Å². The molecule has 0 aliphatic carbocycles. The van der Waals surface area contributed by atoms with Gasteiger partial charge >= 0.3 is 0 Å². The predicted octanol–water partition coefficient (Wildman–Crippen LogP) is 4.40. The van der Waals surface area contributed by atoms with Crippen molar-refractivity contribution < 1.29 is 0 Å². The zero-order valence-corrected chi connectivity index (χ0v) is 11.9. The predicted molar refractivity (Wildman–Crippen MR) is 80.0 cm³/mol. The summed E-state index contributed by atoms with van der Waals surface area (Å²) in [7, 11) is 0. The lowest BCUT2D eigenvalue weighted by molar-refractivity contribution is 0.691. The molecule has 0 saturated carbocycles. The minimum atomic E-state index is 1.00. The van der Waals surface area contributed by atoms with E-state index in [1.165, 1.54) is 29.7 Å². The van der Waals surface area contributed by atoms with Crippen LogP contribution in [-0.4, -0.2) is 6.54 Å². The Labute approximate surface area is 117 Å². The van der Waals surface area contributed by atoms with Crippen molar-refractivity contribution in [1.29, 1.82) is 0 Å². The molecule has 0 spiro atoms. The van der Waals surface area contributed by atoms with E-state index in [2.05, 4.69) is 69.4 Å². The quantitative estimate of drug-likeness (QED) is 0.794. The summed E-state index contributed by atoms with van der Waals surface area (Å²) >= 11 is 3.48. The molecule has 0 N–H and O–H groups in total. The summed E-state index contributed by atoms with van der Waals surface area (Å²) in [5.41, 5.74) is 4.27. The fourth-order valence-electron chi connectivity index (χ4n) is 2.59. The van der Waals surface area contributed by atoms with Crippen molar-refractivity contribution in [1.82, 2.24) is 0 Å². The van der Waals surface area contributed by atoms with Gasteiger partial charge in [-0.25, -0.2) is 0 Å². The Hall–Kier alpha value is -1.28. The number of rotatable bonds is 2. The molecule has 2 aromatic rings. The second-order valence-corrected chi connectivity index (χ2v) is 5.70. The van der Waals surface area contributed by atoms with Gasteiger partial charge in [-0.15, -0.1) is 0 Å². The summed E-state index contributed by atoms with van der Waals surface area (Å²) < 4.78 is 1.14. The Morgan fingerprint density at radius 2 is 1.78 bits per heavy atom. The molecule has 0 atom stereocenters. The number of nitrogens with zero attached hydrogens (tertiary/aromatic N) is 1. The van der Waals surface area contributed by atoms with Crippen LogP contribution in [0.5, 0.6) is 0 Å². The van der Waals surface area contributed by atoms with Gasteiger partial charge in [-0.3, -0.25) is 0 Å². The van der Waals surface area contributed by atoms with Crippen molar-refractivity contribution in [2.45, 2.75) is 19.4 Å². The summed E-state index contributed by atoms with van der Waals surface area (Å²) in [6.07, 6.45) is 2.47. The van der Waals surface area contributed by atoms with Crippen molar-refractivity contribution in [3.63, 3.8) is 0 Å². The van der Waals surface area contributed by atoms with Gasteiger partial charge in [0.25, 0.3) is 0 Å². The van der Waals surface area contributed by atoms with Crippen molar-refractivity contribution >= 4 is 21.6 Å². The van der Waals surface area contributed by atoms with E-state index in [-0.39, 0.29) is 0 Å². The molecular weight excluding hydrogens is 286 g/mol. The third-order valence-corrected chi connectivity index (χ3v) is 4.02. The average molecular weight is 302 g/mol. The van der Waals surface area contributed by atoms with Gasteiger partial charge in [-0.2, -0.15) is 0 Å². The number of hydrogen-bond acceptors (Lipinski definition) is 1. The summed E-state index contributed by atoms with van der Waals surface area (Å²) in [6, 6.07) is 17.4. The highest BCUT2D eigenvalue weighted by atomic mass is 79.9. The molecule has 0 amide bonds. The minimum absolute atomic E-state index is 1.00. The van der Waals surface area contributed by atoms with E-state index < -0.39 is 0 Å². The van der Waals surface area contributed by atoms with Gasteiger partial charge in [-0.05, 0) is 42.2 Å². The number of benzene rings is 2. The molecule has 92 valence electrons. The maximum atomic E-state index is 3.48. The molecule has 1 aliphatic heterocycles. The average Bonchev–Trinajstić information content (AvgIpc) is 2.42. The Morgan fingerprint density at radius 1 is 1.00 bits per heavy atom. The number of anilines is 1. The van der Waals surface area contributed by atoms with E-state index in [0.29, 0.717) is 0 Å². The van der Waals surface area contributed by atoms with Crippen LogP contribution < -0.4 is 4.90 Å². The lowest BCUT2D eigenvalue weighted by Crippen LogP contribution is -2.28. The first-order valence-corrected chi connectivity index (χ1v) is 7.19. The first-order chi connectivity index (χ1) is 8.83. The fraction of sp³-hybridized carbons (Fsp3) is 0.250. The topological polar surface area (TPSA) is 3.24 Å². The van der Waals surface area contributed by atoms with Crippen LogP contribution >= 0.6 is 15.9 Å². The smallest absolute Gasteiger partial charge is 0.0429 e. The van der Waals surface area contributed by atoms with E-state index in [4.69, 9.17) is 0 Å².